The van der Waals surface area contributed by atoms with Crippen LogP contribution in [0.4, 0.5) is 5.69 Å². The molecule has 0 aliphatic heterocycles. The molecule has 0 aromatic heterocycles. The van der Waals surface area contributed by atoms with Gasteiger partial charge in [0.1, 0.15) is 5.75 Å². The Morgan fingerprint density at radius 1 is 1.40 bits per heavy atom. The van der Waals surface area contributed by atoms with Crippen molar-refractivity contribution in [3.63, 3.8) is 0 Å². The van der Waals surface area contributed by atoms with E-state index in [-0.39, 0.29) is 12.2 Å². The van der Waals surface area contributed by atoms with Gasteiger partial charge in [-0.1, -0.05) is 0 Å². The molecule has 0 radical (unpaired) electrons. The molecule has 1 rings (SSSR count). The minimum absolute atomic E-state index is 0.123. The van der Waals surface area contributed by atoms with Gasteiger partial charge in [-0.3, -0.25) is 20.2 Å². The molecule has 0 fully saturated rings. The Morgan fingerprint density at radius 3 is 2.60 bits per heavy atom. The number of thioether (sulfide) groups is 1. The molecule has 0 saturated carbocycles. The van der Waals surface area contributed by atoms with E-state index in [9.17, 15) is 20.2 Å². The second-order valence-electron chi connectivity index (χ2n) is 3.85. The number of non-ortho nitro benzene ring substituents is 1. The van der Waals surface area contributed by atoms with Crippen LogP contribution in [-0.2, 0) is 0 Å². The lowest BCUT2D eigenvalue weighted by atomic mass is 10.1. The number of rotatable bonds is 8. The van der Waals surface area contributed by atoms with E-state index in [1.54, 1.807) is 0 Å². The van der Waals surface area contributed by atoms with Crippen molar-refractivity contribution in [1.29, 1.82) is 0 Å². The molecule has 0 saturated heterocycles. The summed E-state index contributed by atoms with van der Waals surface area (Å²) in [6.45, 7) is 0.0261. The third kappa shape index (κ3) is 4.35. The van der Waals surface area contributed by atoms with E-state index < -0.39 is 15.1 Å². The largest absolute Gasteiger partial charge is 0.496 e. The van der Waals surface area contributed by atoms with Gasteiger partial charge in [0.25, 0.3) is 5.69 Å². The molecule has 0 aliphatic rings. The van der Waals surface area contributed by atoms with Crippen molar-refractivity contribution in [1.82, 2.24) is 0 Å². The Bertz CT molecular complexity index is 497. The quantitative estimate of drug-likeness (QED) is 0.571. The van der Waals surface area contributed by atoms with Crippen LogP contribution in [0.2, 0.25) is 0 Å². The number of hydrogen-bond acceptors (Lipinski definition) is 7. The fourth-order valence-electron chi connectivity index (χ4n) is 1.67. The summed E-state index contributed by atoms with van der Waals surface area (Å²) in [5, 5.41) is 21.0. The molecule has 0 spiro atoms. The highest BCUT2D eigenvalue weighted by molar-refractivity contribution is 7.99. The van der Waals surface area contributed by atoms with E-state index in [4.69, 9.17) is 10.5 Å². The van der Waals surface area contributed by atoms with Crippen molar-refractivity contribution < 1.29 is 14.6 Å². The summed E-state index contributed by atoms with van der Waals surface area (Å²) in [5.41, 5.74) is 5.72. The Morgan fingerprint density at radius 2 is 2.10 bits per heavy atom. The lowest BCUT2D eigenvalue weighted by Crippen LogP contribution is -2.13. The fourth-order valence-corrected chi connectivity index (χ4v) is 2.68. The zero-order valence-corrected chi connectivity index (χ0v) is 11.7. The zero-order valence-electron chi connectivity index (χ0n) is 10.9. The monoisotopic (exact) mass is 301 g/mol. The van der Waals surface area contributed by atoms with Crippen LogP contribution in [0.1, 0.15) is 10.8 Å². The average molecular weight is 301 g/mol. The number of nitrogens with zero attached hydrogens (tertiary/aromatic N) is 2. The van der Waals surface area contributed by atoms with Crippen LogP contribution in [0, 0.1) is 20.2 Å². The average Bonchev–Trinajstić information content (AvgIpc) is 2.42. The number of benzene rings is 1. The highest BCUT2D eigenvalue weighted by Crippen LogP contribution is 2.37. The van der Waals surface area contributed by atoms with Gasteiger partial charge in [-0.15, -0.1) is 11.8 Å². The maximum Gasteiger partial charge on any atom is 0.270 e. The molecule has 20 heavy (non-hydrogen) atoms. The first-order valence-corrected chi connectivity index (χ1v) is 6.80. The zero-order chi connectivity index (χ0) is 15.1. The van der Waals surface area contributed by atoms with E-state index in [0.29, 0.717) is 23.6 Å². The molecule has 1 atom stereocenters. The van der Waals surface area contributed by atoms with E-state index >= 15 is 0 Å². The van der Waals surface area contributed by atoms with Crippen LogP contribution in [0.25, 0.3) is 0 Å². The van der Waals surface area contributed by atoms with Crippen molar-refractivity contribution in [3.05, 3.63) is 44.0 Å². The topological polar surface area (TPSA) is 122 Å². The van der Waals surface area contributed by atoms with Crippen LogP contribution in [0.3, 0.4) is 0 Å². The van der Waals surface area contributed by atoms with Crippen molar-refractivity contribution >= 4 is 17.4 Å². The molecule has 2 N–H and O–H groups in total. The van der Waals surface area contributed by atoms with Crippen LogP contribution in [0.15, 0.2) is 18.2 Å². The third-order valence-corrected chi connectivity index (χ3v) is 3.80. The Hall–Kier alpha value is -1.87. The maximum atomic E-state index is 10.8. The normalized spacial score (nSPS) is 11.9. The van der Waals surface area contributed by atoms with E-state index in [2.05, 4.69) is 0 Å². The van der Waals surface area contributed by atoms with E-state index in [1.807, 2.05) is 0 Å². The summed E-state index contributed by atoms with van der Waals surface area (Å²) in [4.78, 5) is 20.6. The van der Waals surface area contributed by atoms with Crippen LogP contribution in [-0.4, -0.2) is 35.8 Å². The molecule has 0 amide bonds. The third-order valence-electron chi connectivity index (χ3n) is 2.52. The van der Waals surface area contributed by atoms with Gasteiger partial charge in [0.05, 0.1) is 17.3 Å². The van der Waals surface area contributed by atoms with Crippen molar-refractivity contribution in [2.75, 3.05) is 26.0 Å². The van der Waals surface area contributed by atoms with E-state index in [1.165, 1.54) is 37.1 Å². The minimum Gasteiger partial charge on any atom is -0.496 e. The van der Waals surface area contributed by atoms with Gasteiger partial charge in [-0.05, 0) is 6.07 Å². The molecule has 1 unspecified atom stereocenters. The summed E-state index contributed by atoms with van der Waals surface area (Å²) >= 11 is 1.28. The van der Waals surface area contributed by atoms with Gasteiger partial charge in [0, 0.05) is 34.9 Å². The van der Waals surface area contributed by atoms with Gasteiger partial charge in [0.2, 0.25) is 6.54 Å². The minimum atomic E-state index is -0.542. The Balaban J connectivity index is 3.16. The molecule has 9 heteroatoms. The summed E-state index contributed by atoms with van der Waals surface area (Å²) in [7, 11) is 1.42. The second-order valence-corrected chi connectivity index (χ2v) is 5.16. The molecule has 1 aromatic rings. The Labute approximate surface area is 119 Å². The number of nitrogens with two attached hydrogens (primary N) is 1. The molecular formula is C11H15N3O5S. The molecule has 110 valence electrons. The highest BCUT2D eigenvalue weighted by atomic mass is 32.2. The van der Waals surface area contributed by atoms with Crippen LogP contribution >= 0.6 is 11.8 Å². The van der Waals surface area contributed by atoms with Gasteiger partial charge >= 0.3 is 0 Å². The van der Waals surface area contributed by atoms with Crippen LogP contribution < -0.4 is 10.5 Å². The molecule has 1 aromatic carbocycles. The number of methoxy groups -OCH3 is 1. The maximum absolute atomic E-state index is 10.8. The molecule has 0 bridgehead atoms. The van der Waals surface area contributed by atoms with Gasteiger partial charge in [-0.2, -0.15) is 0 Å². The second kappa shape index (κ2) is 7.65. The molecule has 8 nitrogen and oxygen atoms in total. The van der Waals surface area contributed by atoms with Crippen LogP contribution in [0.5, 0.6) is 5.75 Å². The summed E-state index contributed by atoms with van der Waals surface area (Å²) in [5.74, 6) is 0.914. The first kappa shape index (κ1) is 16.2. The summed E-state index contributed by atoms with van der Waals surface area (Å²) in [6.07, 6.45) is 0. The van der Waals surface area contributed by atoms with Gasteiger partial charge in [0.15, 0.2) is 0 Å². The van der Waals surface area contributed by atoms with Crippen molar-refractivity contribution in [2.45, 2.75) is 5.25 Å². The summed E-state index contributed by atoms with van der Waals surface area (Å²) in [6, 6.07) is 4.07. The van der Waals surface area contributed by atoms with Crippen molar-refractivity contribution in [3.8, 4) is 5.75 Å². The SMILES string of the molecule is COc1ccc([N+](=O)[O-])cc1C(C[N+](=O)[O-])SCCN. The molecular weight excluding hydrogens is 286 g/mol. The number of hydrogen-bond donors (Lipinski definition) is 1. The fraction of sp³-hybridized carbons (Fsp3) is 0.455. The summed E-state index contributed by atoms with van der Waals surface area (Å²) < 4.78 is 5.13. The lowest BCUT2D eigenvalue weighted by Gasteiger charge is -2.15. The predicted octanol–water partition coefficient (Wildman–Crippen LogP) is 1.61. The first-order valence-electron chi connectivity index (χ1n) is 5.75. The highest BCUT2D eigenvalue weighted by Gasteiger charge is 2.24. The Kier molecular flexibility index (Phi) is 6.19. The first-order chi connectivity index (χ1) is 9.49. The smallest absolute Gasteiger partial charge is 0.270 e. The lowest BCUT2D eigenvalue weighted by molar-refractivity contribution is -0.479. The standard InChI is InChI=1S/C11H15N3O5S/c1-19-10-3-2-8(14(17)18)6-9(10)11(7-13(15)16)20-5-4-12/h2-3,6,11H,4-5,7,12H2,1H3. The van der Waals surface area contributed by atoms with Gasteiger partial charge < -0.3 is 10.5 Å². The van der Waals surface area contributed by atoms with Crippen molar-refractivity contribution in [2.24, 2.45) is 5.73 Å². The number of ether oxygens (including phenoxy) is 1. The number of nitro groups is 2. The predicted molar refractivity (Wildman–Crippen MR) is 75.8 cm³/mol. The van der Waals surface area contributed by atoms with E-state index in [0.717, 1.165) is 0 Å². The number of nitro benzene ring substituents is 1. The molecule has 0 aliphatic carbocycles. The van der Waals surface area contributed by atoms with Gasteiger partial charge in [-0.25, -0.2) is 0 Å². The molecule has 0 heterocycles.